The van der Waals surface area contributed by atoms with E-state index in [9.17, 15) is 5.11 Å². The molecule has 0 aliphatic rings. The predicted octanol–water partition coefficient (Wildman–Crippen LogP) is 5.84. The molecule has 1 unspecified atom stereocenters. The summed E-state index contributed by atoms with van der Waals surface area (Å²) in [5, 5.41) is 13.6. The van der Waals surface area contributed by atoms with Crippen molar-refractivity contribution < 1.29 is 5.11 Å². The molecule has 0 bridgehead atoms. The second-order valence-corrected chi connectivity index (χ2v) is 6.50. The third-order valence-corrected chi connectivity index (χ3v) is 4.18. The molecule has 0 heterocycles. The van der Waals surface area contributed by atoms with Gasteiger partial charge >= 0.3 is 0 Å². The minimum atomic E-state index is 0.0902. The normalized spacial score (nSPS) is 12.4. The number of aromatic hydroxyl groups is 1. The predicted molar refractivity (Wildman–Crippen MR) is 93.0 cm³/mol. The van der Waals surface area contributed by atoms with E-state index in [1.165, 1.54) is 5.56 Å². The molecular weight excluding hydrogens is 326 g/mol. The second-order valence-electron chi connectivity index (χ2n) is 5.59. The van der Waals surface area contributed by atoms with Gasteiger partial charge < -0.3 is 10.4 Å². The molecule has 112 valence electrons. The van der Waals surface area contributed by atoms with E-state index in [0.29, 0.717) is 11.7 Å². The minimum absolute atomic E-state index is 0.0902. The van der Waals surface area contributed by atoms with E-state index in [0.717, 1.165) is 22.1 Å². The topological polar surface area (TPSA) is 32.3 Å². The number of hydrogen-bond acceptors (Lipinski definition) is 2. The summed E-state index contributed by atoms with van der Waals surface area (Å²) in [6.45, 7) is 6.49. The van der Waals surface area contributed by atoms with Gasteiger partial charge in [0.25, 0.3) is 0 Å². The fourth-order valence-electron chi connectivity index (χ4n) is 2.37. The Balaban J connectivity index is 2.20. The Bertz CT molecular complexity index is 593. The van der Waals surface area contributed by atoms with Gasteiger partial charge in [0.1, 0.15) is 5.75 Å². The summed E-state index contributed by atoms with van der Waals surface area (Å²) in [5.41, 5.74) is 3.32. The van der Waals surface area contributed by atoms with Crippen LogP contribution < -0.4 is 5.32 Å². The van der Waals surface area contributed by atoms with E-state index in [-0.39, 0.29) is 6.04 Å². The highest BCUT2D eigenvalue weighted by molar-refractivity contribution is 9.10. The average molecular weight is 348 g/mol. The quantitative estimate of drug-likeness (QED) is 0.711. The van der Waals surface area contributed by atoms with Gasteiger partial charge in [-0.2, -0.15) is 0 Å². The molecule has 2 aromatic carbocycles. The van der Waals surface area contributed by atoms with Crippen LogP contribution in [0.2, 0.25) is 0 Å². The van der Waals surface area contributed by atoms with Crippen molar-refractivity contribution in [3.63, 3.8) is 0 Å². The molecule has 0 saturated heterocycles. The SMILES string of the molecule is CCC(Nc1ccc(C(C)C)cc1)c1cc(Br)ccc1O. The number of hydrogen-bond donors (Lipinski definition) is 2. The first-order valence-corrected chi connectivity index (χ1v) is 8.15. The van der Waals surface area contributed by atoms with Crippen LogP contribution in [0.1, 0.15) is 50.3 Å². The molecule has 0 saturated carbocycles. The second kappa shape index (κ2) is 6.99. The van der Waals surface area contributed by atoms with Crippen LogP contribution in [0, 0.1) is 0 Å². The van der Waals surface area contributed by atoms with Crippen molar-refractivity contribution in [1.29, 1.82) is 0 Å². The first kappa shape index (κ1) is 15.9. The van der Waals surface area contributed by atoms with Gasteiger partial charge in [-0.05, 0) is 48.2 Å². The van der Waals surface area contributed by atoms with Crippen molar-refractivity contribution >= 4 is 21.6 Å². The Morgan fingerprint density at radius 1 is 1.10 bits per heavy atom. The van der Waals surface area contributed by atoms with Crippen molar-refractivity contribution in [3.8, 4) is 5.75 Å². The molecule has 0 radical (unpaired) electrons. The lowest BCUT2D eigenvalue weighted by molar-refractivity contribution is 0.462. The summed E-state index contributed by atoms with van der Waals surface area (Å²) in [6, 6.07) is 14.2. The minimum Gasteiger partial charge on any atom is -0.508 e. The van der Waals surface area contributed by atoms with Crippen LogP contribution in [0.3, 0.4) is 0 Å². The highest BCUT2D eigenvalue weighted by Crippen LogP contribution is 2.32. The Hall–Kier alpha value is -1.48. The number of rotatable bonds is 5. The number of phenolic OH excluding ortho intramolecular Hbond substituents is 1. The number of nitrogens with one attached hydrogen (secondary N) is 1. The third-order valence-electron chi connectivity index (χ3n) is 3.69. The summed E-state index contributed by atoms with van der Waals surface area (Å²) in [6.07, 6.45) is 0.899. The molecule has 0 spiro atoms. The summed E-state index contributed by atoms with van der Waals surface area (Å²) < 4.78 is 0.978. The maximum atomic E-state index is 10.1. The zero-order chi connectivity index (χ0) is 15.4. The maximum absolute atomic E-state index is 10.1. The molecule has 0 aromatic heterocycles. The molecule has 0 fully saturated rings. The van der Waals surface area contributed by atoms with Gasteiger partial charge in [-0.15, -0.1) is 0 Å². The summed E-state index contributed by atoms with van der Waals surface area (Å²) in [7, 11) is 0. The maximum Gasteiger partial charge on any atom is 0.120 e. The number of benzene rings is 2. The number of phenols is 1. The zero-order valence-electron chi connectivity index (χ0n) is 12.7. The van der Waals surface area contributed by atoms with E-state index < -0.39 is 0 Å². The van der Waals surface area contributed by atoms with Crippen LogP contribution in [0.5, 0.6) is 5.75 Å². The van der Waals surface area contributed by atoms with Crippen molar-refractivity contribution in [2.24, 2.45) is 0 Å². The Kier molecular flexibility index (Phi) is 5.29. The van der Waals surface area contributed by atoms with Crippen LogP contribution in [-0.4, -0.2) is 5.11 Å². The van der Waals surface area contributed by atoms with E-state index >= 15 is 0 Å². The number of halogens is 1. The lowest BCUT2D eigenvalue weighted by Gasteiger charge is -2.20. The van der Waals surface area contributed by atoms with E-state index in [2.05, 4.69) is 66.3 Å². The van der Waals surface area contributed by atoms with Crippen LogP contribution >= 0.6 is 15.9 Å². The molecule has 0 aliphatic heterocycles. The van der Waals surface area contributed by atoms with Crippen LogP contribution in [0.4, 0.5) is 5.69 Å². The van der Waals surface area contributed by atoms with E-state index in [1.54, 1.807) is 6.07 Å². The molecule has 2 nitrogen and oxygen atoms in total. The molecule has 2 N–H and O–H groups in total. The van der Waals surface area contributed by atoms with Crippen molar-refractivity contribution in [2.75, 3.05) is 5.32 Å². The van der Waals surface area contributed by atoms with Crippen LogP contribution in [-0.2, 0) is 0 Å². The smallest absolute Gasteiger partial charge is 0.120 e. The highest BCUT2D eigenvalue weighted by atomic mass is 79.9. The van der Waals surface area contributed by atoms with Gasteiger partial charge in [-0.3, -0.25) is 0 Å². The fraction of sp³-hybridized carbons (Fsp3) is 0.333. The van der Waals surface area contributed by atoms with Gasteiger partial charge in [0.15, 0.2) is 0 Å². The van der Waals surface area contributed by atoms with Crippen LogP contribution in [0.15, 0.2) is 46.9 Å². The fourth-order valence-corrected chi connectivity index (χ4v) is 2.75. The molecule has 3 heteroatoms. The largest absolute Gasteiger partial charge is 0.508 e. The van der Waals surface area contributed by atoms with E-state index in [1.807, 2.05) is 12.1 Å². The zero-order valence-corrected chi connectivity index (χ0v) is 14.3. The molecular formula is C18H22BrNO. The first-order valence-electron chi connectivity index (χ1n) is 7.36. The molecule has 2 aromatic rings. The standard InChI is InChI=1S/C18H22BrNO/c1-4-17(16-11-14(19)7-10-18(16)21)20-15-8-5-13(6-9-15)12(2)3/h5-12,17,20-21H,4H2,1-3H3. The molecule has 0 aliphatic carbocycles. The van der Waals surface area contributed by atoms with Crippen molar-refractivity contribution in [2.45, 2.75) is 39.2 Å². The average Bonchev–Trinajstić information content (AvgIpc) is 2.48. The van der Waals surface area contributed by atoms with Gasteiger partial charge in [0.2, 0.25) is 0 Å². The Morgan fingerprint density at radius 3 is 2.33 bits per heavy atom. The third kappa shape index (κ3) is 4.01. The summed E-state index contributed by atoms with van der Waals surface area (Å²) in [4.78, 5) is 0. The molecule has 1 atom stereocenters. The molecule has 2 rings (SSSR count). The Labute approximate surface area is 135 Å². The monoisotopic (exact) mass is 347 g/mol. The first-order chi connectivity index (χ1) is 10.0. The molecule has 21 heavy (non-hydrogen) atoms. The van der Waals surface area contributed by atoms with Gasteiger partial charge in [-0.25, -0.2) is 0 Å². The van der Waals surface area contributed by atoms with Gasteiger partial charge in [0.05, 0.1) is 6.04 Å². The lowest BCUT2D eigenvalue weighted by atomic mass is 10.0. The number of anilines is 1. The summed E-state index contributed by atoms with van der Waals surface area (Å²) >= 11 is 3.47. The summed E-state index contributed by atoms with van der Waals surface area (Å²) in [5.74, 6) is 0.867. The molecule has 0 amide bonds. The van der Waals surface area contributed by atoms with Gasteiger partial charge in [0, 0.05) is 15.7 Å². The van der Waals surface area contributed by atoms with Gasteiger partial charge in [-0.1, -0.05) is 48.8 Å². The lowest BCUT2D eigenvalue weighted by Crippen LogP contribution is -2.10. The van der Waals surface area contributed by atoms with Crippen molar-refractivity contribution in [1.82, 2.24) is 0 Å². The highest BCUT2D eigenvalue weighted by Gasteiger charge is 2.14. The van der Waals surface area contributed by atoms with Crippen LogP contribution in [0.25, 0.3) is 0 Å². The van der Waals surface area contributed by atoms with E-state index in [4.69, 9.17) is 0 Å². The van der Waals surface area contributed by atoms with Crippen molar-refractivity contribution in [3.05, 3.63) is 58.1 Å². The Morgan fingerprint density at radius 2 is 1.76 bits per heavy atom.